The minimum Gasteiger partial charge on any atom is -0.325 e. The van der Waals surface area contributed by atoms with Crippen LogP contribution in [0.3, 0.4) is 0 Å². The minimum atomic E-state index is -0.0314. The Morgan fingerprint density at radius 3 is 2.78 bits per heavy atom. The summed E-state index contributed by atoms with van der Waals surface area (Å²) in [5, 5.41) is 2.97. The van der Waals surface area contributed by atoms with Gasteiger partial charge in [0.1, 0.15) is 12.4 Å². The van der Waals surface area contributed by atoms with Crippen molar-refractivity contribution in [1.82, 2.24) is 9.55 Å². The number of benzene rings is 2. The van der Waals surface area contributed by atoms with Crippen molar-refractivity contribution in [2.75, 3.05) is 5.32 Å². The predicted molar refractivity (Wildman–Crippen MR) is 93.5 cm³/mol. The van der Waals surface area contributed by atoms with Gasteiger partial charge in [-0.1, -0.05) is 31.2 Å². The molecule has 0 bridgehead atoms. The normalized spacial score (nSPS) is 10.9. The van der Waals surface area contributed by atoms with Crippen molar-refractivity contribution < 1.29 is 4.79 Å². The lowest BCUT2D eigenvalue weighted by Crippen LogP contribution is -2.20. The maximum atomic E-state index is 12.4. The van der Waals surface area contributed by atoms with E-state index in [1.807, 2.05) is 60.0 Å². The lowest BCUT2D eigenvalue weighted by Gasteiger charge is -2.10. The molecule has 23 heavy (non-hydrogen) atoms. The third-order valence-corrected chi connectivity index (χ3v) is 3.81. The second kappa shape index (κ2) is 6.65. The lowest BCUT2D eigenvalue weighted by atomic mass is 10.2. The molecule has 1 heterocycles. The molecule has 0 atom stereocenters. The smallest absolute Gasteiger partial charge is 0.244 e. The van der Waals surface area contributed by atoms with Crippen LogP contribution in [0.4, 0.5) is 5.69 Å². The number of carbonyl (C=O) groups excluding carboxylic acids is 1. The molecule has 0 aliphatic carbocycles. The molecule has 1 amide bonds. The summed E-state index contributed by atoms with van der Waals surface area (Å²) >= 11 is 0. The number of nitrogens with one attached hydrogen (secondary N) is 1. The van der Waals surface area contributed by atoms with Crippen molar-refractivity contribution in [2.45, 2.75) is 33.2 Å². The molecule has 0 fully saturated rings. The Labute approximate surface area is 136 Å². The number of anilines is 1. The van der Waals surface area contributed by atoms with Crippen LogP contribution in [0.1, 0.15) is 24.7 Å². The number of fused-ring (bicyclic) bond motifs is 1. The molecule has 118 valence electrons. The summed E-state index contributed by atoms with van der Waals surface area (Å²) in [5.41, 5.74) is 3.91. The van der Waals surface area contributed by atoms with Crippen LogP contribution in [0.15, 0.2) is 48.5 Å². The molecule has 3 aromatic rings. The summed E-state index contributed by atoms with van der Waals surface area (Å²) in [6.45, 7) is 4.42. The van der Waals surface area contributed by atoms with Gasteiger partial charge in [-0.25, -0.2) is 4.98 Å². The fourth-order valence-corrected chi connectivity index (χ4v) is 2.78. The van der Waals surface area contributed by atoms with E-state index in [9.17, 15) is 4.79 Å². The van der Waals surface area contributed by atoms with Crippen LogP contribution in [-0.4, -0.2) is 15.5 Å². The van der Waals surface area contributed by atoms with Gasteiger partial charge in [0.25, 0.3) is 0 Å². The topological polar surface area (TPSA) is 46.9 Å². The molecule has 1 N–H and O–H groups in total. The summed E-state index contributed by atoms with van der Waals surface area (Å²) in [7, 11) is 0. The molecule has 3 rings (SSSR count). The van der Waals surface area contributed by atoms with E-state index in [4.69, 9.17) is 0 Å². The highest BCUT2D eigenvalue weighted by Gasteiger charge is 2.13. The maximum absolute atomic E-state index is 12.4. The number of aryl methyl sites for hydroxylation is 2. The zero-order valence-electron chi connectivity index (χ0n) is 13.5. The molecule has 4 heteroatoms. The number of hydrogen-bond donors (Lipinski definition) is 1. The third-order valence-electron chi connectivity index (χ3n) is 3.81. The first-order chi connectivity index (χ1) is 11.2. The van der Waals surface area contributed by atoms with E-state index in [0.717, 1.165) is 41.0 Å². The van der Waals surface area contributed by atoms with Crippen molar-refractivity contribution in [3.63, 3.8) is 0 Å². The number of hydrogen-bond acceptors (Lipinski definition) is 2. The van der Waals surface area contributed by atoms with Crippen molar-refractivity contribution >= 4 is 22.6 Å². The number of aromatic nitrogens is 2. The Balaban J connectivity index is 1.85. The Kier molecular flexibility index (Phi) is 4.42. The van der Waals surface area contributed by atoms with Gasteiger partial charge >= 0.3 is 0 Å². The van der Waals surface area contributed by atoms with Crippen LogP contribution in [-0.2, 0) is 17.8 Å². The van der Waals surface area contributed by atoms with Gasteiger partial charge in [-0.2, -0.15) is 0 Å². The Hall–Kier alpha value is -2.62. The van der Waals surface area contributed by atoms with Crippen molar-refractivity contribution in [3.8, 4) is 0 Å². The van der Waals surface area contributed by atoms with E-state index < -0.39 is 0 Å². The summed E-state index contributed by atoms with van der Waals surface area (Å²) < 4.78 is 2.02. The van der Waals surface area contributed by atoms with Crippen molar-refractivity contribution in [2.24, 2.45) is 0 Å². The zero-order valence-corrected chi connectivity index (χ0v) is 13.5. The van der Waals surface area contributed by atoms with E-state index in [0.29, 0.717) is 0 Å². The fraction of sp³-hybridized carbons (Fsp3) is 0.263. The molecule has 0 aliphatic rings. The second-order valence-corrected chi connectivity index (χ2v) is 5.77. The third kappa shape index (κ3) is 3.42. The minimum absolute atomic E-state index is 0.0314. The zero-order chi connectivity index (χ0) is 16.2. The average Bonchev–Trinajstić information content (AvgIpc) is 2.85. The van der Waals surface area contributed by atoms with Gasteiger partial charge in [-0.15, -0.1) is 0 Å². The van der Waals surface area contributed by atoms with Crippen LogP contribution in [0.25, 0.3) is 11.0 Å². The van der Waals surface area contributed by atoms with E-state index in [2.05, 4.69) is 17.2 Å². The molecule has 4 nitrogen and oxygen atoms in total. The average molecular weight is 307 g/mol. The van der Waals surface area contributed by atoms with Gasteiger partial charge in [-0.3, -0.25) is 4.79 Å². The highest BCUT2D eigenvalue weighted by atomic mass is 16.1. The number of nitrogens with zero attached hydrogens (tertiary/aromatic N) is 2. The van der Waals surface area contributed by atoms with Crippen molar-refractivity contribution in [3.05, 3.63) is 59.9 Å². The molecule has 0 saturated carbocycles. The quantitative estimate of drug-likeness (QED) is 0.776. The van der Waals surface area contributed by atoms with Gasteiger partial charge in [0.05, 0.1) is 11.0 Å². The highest BCUT2D eigenvalue weighted by Crippen LogP contribution is 2.17. The van der Waals surface area contributed by atoms with Gasteiger partial charge in [0.15, 0.2) is 0 Å². The van der Waals surface area contributed by atoms with Gasteiger partial charge in [-0.05, 0) is 43.2 Å². The van der Waals surface area contributed by atoms with Crippen LogP contribution in [0.2, 0.25) is 0 Å². The van der Waals surface area contributed by atoms with Crippen LogP contribution in [0.5, 0.6) is 0 Å². The van der Waals surface area contributed by atoms with Crippen molar-refractivity contribution in [1.29, 1.82) is 0 Å². The van der Waals surface area contributed by atoms with Gasteiger partial charge < -0.3 is 9.88 Å². The number of carbonyl (C=O) groups is 1. The number of imidazole rings is 1. The maximum Gasteiger partial charge on any atom is 0.244 e. The molecule has 0 spiro atoms. The molecule has 0 aliphatic heterocycles. The van der Waals surface area contributed by atoms with E-state index >= 15 is 0 Å². The number of amides is 1. The predicted octanol–water partition coefficient (Wildman–Crippen LogP) is 3.94. The number of para-hydroxylation sites is 2. The Morgan fingerprint density at radius 1 is 1.17 bits per heavy atom. The summed E-state index contributed by atoms with van der Waals surface area (Å²) in [4.78, 5) is 17.1. The molecular formula is C19H21N3O. The standard InChI is InChI=1S/C19H21N3O/c1-3-7-18-21-16-10-4-5-11-17(16)22(18)13-19(23)20-15-9-6-8-14(2)12-15/h4-6,8-12H,3,7,13H2,1-2H3,(H,20,23). The second-order valence-electron chi connectivity index (χ2n) is 5.77. The summed E-state index contributed by atoms with van der Waals surface area (Å²) in [6.07, 6.45) is 1.87. The van der Waals surface area contributed by atoms with Gasteiger partial charge in [0, 0.05) is 12.1 Å². The summed E-state index contributed by atoms with van der Waals surface area (Å²) in [5.74, 6) is 0.934. The SMILES string of the molecule is CCCc1nc2ccccc2n1CC(=O)Nc1cccc(C)c1. The molecule has 2 aromatic carbocycles. The molecular weight excluding hydrogens is 286 g/mol. The number of rotatable bonds is 5. The highest BCUT2D eigenvalue weighted by molar-refractivity contribution is 5.91. The summed E-state index contributed by atoms with van der Waals surface area (Å²) in [6, 6.07) is 15.8. The van der Waals surface area contributed by atoms with Crippen LogP contribution < -0.4 is 5.32 Å². The molecule has 0 unspecified atom stereocenters. The molecule has 1 aromatic heterocycles. The first-order valence-electron chi connectivity index (χ1n) is 7.98. The monoisotopic (exact) mass is 307 g/mol. The van der Waals surface area contributed by atoms with E-state index in [1.54, 1.807) is 0 Å². The van der Waals surface area contributed by atoms with E-state index in [1.165, 1.54) is 0 Å². The molecule has 0 saturated heterocycles. The van der Waals surface area contributed by atoms with E-state index in [-0.39, 0.29) is 12.5 Å². The fourth-order valence-electron chi connectivity index (χ4n) is 2.78. The lowest BCUT2D eigenvalue weighted by molar-refractivity contribution is -0.116. The van der Waals surface area contributed by atoms with Crippen LogP contribution in [0, 0.1) is 6.92 Å². The largest absolute Gasteiger partial charge is 0.325 e. The Morgan fingerprint density at radius 2 is 2.00 bits per heavy atom. The Bertz CT molecular complexity index is 836. The first-order valence-corrected chi connectivity index (χ1v) is 7.98. The van der Waals surface area contributed by atoms with Gasteiger partial charge in [0.2, 0.25) is 5.91 Å². The van der Waals surface area contributed by atoms with Crippen LogP contribution >= 0.6 is 0 Å². The first kappa shape index (κ1) is 15.3. The molecule has 0 radical (unpaired) electrons.